The molecule has 28 heavy (non-hydrogen) atoms. The van der Waals surface area contributed by atoms with Gasteiger partial charge in [-0.2, -0.15) is 0 Å². The van der Waals surface area contributed by atoms with Gasteiger partial charge in [-0.15, -0.1) is 11.3 Å². The molecule has 1 amide bonds. The van der Waals surface area contributed by atoms with Gasteiger partial charge in [-0.1, -0.05) is 24.3 Å². The molecule has 0 radical (unpaired) electrons. The highest BCUT2D eigenvalue weighted by atomic mass is 32.1. The molecule has 9 heteroatoms. The minimum absolute atomic E-state index is 0.192. The van der Waals surface area contributed by atoms with E-state index in [1.165, 1.54) is 40.5 Å². The van der Waals surface area contributed by atoms with Crippen LogP contribution >= 0.6 is 11.3 Å². The summed E-state index contributed by atoms with van der Waals surface area (Å²) in [6.07, 6.45) is 0. The zero-order chi connectivity index (χ0) is 20.3. The number of aromatic nitrogens is 1. The van der Waals surface area contributed by atoms with Gasteiger partial charge in [0.15, 0.2) is 6.61 Å². The summed E-state index contributed by atoms with van der Waals surface area (Å²) in [6.45, 7) is 1.32. The van der Waals surface area contributed by atoms with Crippen molar-refractivity contribution in [3.63, 3.8) is 0 Å². The van der Waals surface area contributed by atoms with Crippen LogP contribution in [-0.4, -0.2) is 40.3 Å². The smallest absolute Gasteiger partial charge is 0.345 e. The topological polar surface area (TPSA) is 103 Å². The number of para-hydroxylation sites is 2. The van der Waals surface area contributed by atoms with Crippen LogP contribution in [0.4, 0.5) is 5.69 Å². The van der Waals surface area contributed by atoms with Crippen molar-refractivity contribution in [2.45, 2.75) is 13.0 Å². The summed E-state index contributed by atoms with van der Waals surface area (Å²) in [4.78, 5) is 40.9. The first-order valence-electron chi connectivity index (χ1n) is 8.40. The molecule has 0 aliphatic carbocycles. The van der Waals surface area contributed by atoms with Gasteiger partial charge in [-0.05, 0) is 25.1 Å². The SMILES string of the molecule is C[C@H](c1nc2ccccc2s1)N(C)C(=O)COC(=O)c1ccccc1[N+](=O)[O-]. The maximum atomic E-state index is 12.4. The summed E-state index contributed by atoms with van der Waals surface area (Å²) in [5.74, 6) is -1.35. The quantitative estimate of drug-likeness (QED) is 0.357. The molecule has 144 valence electrons. The monoisotopic (exact) mass is 399 g/mol. The predicted octanol–water partition coefficient (Wildman–Crippen LogP) is 3.58. The molecule has 0 spiro atoms. The summed E-state index contributed by atoms with van der Waals surface area (Å²) in [5, 5.41) is 11.8. The number of ether oxygens (including phenoxy) is 1. The van der Waals surface area contributed by atoms with E-state index in [1.54, 1.807) is 7.05 Å². The molecule has 1 heterocycles. The number of hydrogen-bond donors (Lipinski definition) is 0. The second-order valence-corrected chi connectivity index (χ2v) is 7.11. The maximum absolute atomic E-state index is 12.4. The number of carbonyl (C=O) groups excluding carboxylic acids is 2. The van der Waals surface area contributed by atoms with E-state index in [0.29, 0.717) is 0 Å². The third-order valence-corrected chi connectivity index (χ3v) is 5.50. The van der Waals surface area contributed by atoms with E-state index in [0.717, 1.165) is 15.2 Å². The number of nitro benzene ring substituents is 1. The molecule has 0 aliphatic heterocycles. The van der Waals surface area contributed by atoms with Gasteiger partial charge in [0, 0.05) is 13.1 Å². The number of thiazole rings is 1. The van der Waals surface area contributed by atoms with Crippen molar-refractivity contribution < 1.29 is 19.2 Å². The maximum Gasteiger partial charge on any atom is 0.345 e. The van der Waals surface area contributed by atoms with Crippen molar-refractivity contribution in [3.8, 4) is 0 Å². The van der Waals surface area contributed by atoms with Gasteiger partial charge in [0.2, 0.25) is 0 Å². The first-order valence-corrected chi connectivity index (χ1v) is 9.22. The highest BCUT2D eigenvalue weighted by Gasteiger charge is 2.24. The molecule has 1 atom stereocenters. The average Bonchev–Trinajstić information content (AvgIpc) is 3.14. The second-order valence-electron chi connectivity index (χ2n) is 6.05. The lowest BCUT2D eigenvalue weighted by Crippen LogP contribution is -2.33. The lowest BCUT2D eigenvalue weighted by atomic mass is 10.2. The van der Waals surface area contributed by atoms with E-state index in [2.05, 4.69) is 4.98 Å². The highest BCUT2D eigenvalue weighted by Crippen LogP contribution is 2.28. The van der Waals surface area contributed by atoms with Gasteiger partial charge in [-0.25, -0.2) is 9.78 Å². The zero-order valence-electron chi connectivity index (χ0n) is 15.2. The molecule has 3 rings (SSSR count). The van der Waals surface area contributed by atoms with Gasteiger partial charge < -0.3 is 9.64 Å². The Bertz CT molecular complexity index is 1020. The lowest BCUT2D eigenvalue weighted by Gasteiger charge is -2.23. The molecule has 1 aromatic heterocycles. The van der Waals surface area contributed by atoms with Crippen molar-refractivity contribution in [2.24, 2.45) is 0 Å². The van der Waals surface area contributed by atoms with Crippen LogP contribution in [0.3, 0.4) is 0 Å². The van der Waals surface area contributed by atoms with Crippen LogP contribution in [0.1, 0.15) is 28.3 Å². The highest BCUT2D eigenvalue weighted by molar-refractivity contribution is 7.18. The third kappa shape index (κ3) is 3.99. The van der Waals surface area contributed by atoms with Crippen molar-refractivity contribution in [1.29, 1.82) is 0 Å². The summed E-state index contributed by atoms with van der Waals surface area (Å²) in [5.41, 5.74) is 0.302. The molecule has 0 saturated heterocycles. The Kier molecular flexibility index (Phi) is 5.65. The molecule has 3 aromatic rings. The fourth-order valence-electron chi connectivity index (χ4n) is 2.56. The first-order chi connectivity index (χ1) is 13.4. The fourth-order valence-corrected chi connectivity index (χ4v) is 3.63. The zero-order valence-corrected chi connectivity index (χ0v) is 16.0. The Morgan fingerprint density at radius 1 is 1.21 bits per heavy atom. The van der Waals surface area contributed by atoms with Crippen LogP contribution in [-0.2, 0) is 9.53 Å². The predicted molar refractivity (Wildman–Crippen MR) is 104 cm³/mol. The number of hydrogen-bond acceptors (Lipinski definition) is 7. The standard InChI is InChI=1S/C19H17N3O5S/c1-12(18-20-14-8-4-6-10-16(14)28-18)21(2)17(23)11-27-19(24)13-7-3-5-9-15(13)22(25)26/h3-10,12H,11H2,1-2H3/t12-/m1/s1. The average molecular weight is 399 g/mol. The van der Waals surface area contributed by atoms with Gasteiger partial charge in [0.1, 0.15) is 10.6 Å². The van der Waals surface area contributed by atoms with Crippen LogP contribution in [0.2, 0.25) is 0 Å². The van der Waals surface area contributed by atoms with Crippen LogP contribution in [0.5, 0.6) is 0 Å². The van der Waals surface area contributed by atoms with Crippen LogP contribution in [0.15, 0.2) is 48.5 Å². The number of rotatable bonds is 6. The molecule has 0 unspecified atom stereocenters. The summed E-state index contributed by atoms with van der Waals surface area (Å²) in [7, 11) is 1.60. The normalized spacial score (nSPS) is 11.8. The minimum atomic E-state index is -0.915. The summed E-state index contributed by atoms with van der Waals surface area (Å²) < 4.78 is 6.02. The number of nitro groups is 1. The number of carbonyl (C=O) groups is 2. The molecule has 0 N–H and O–H groups in total. The number of fused-ring (bicyclic) bond motifs is 1. The molecule has 0 saturated carbocycles. The van der Waals surface area contributed by atoms with Crippen LogP contribution in [0, 0.1) is 10.1 Å². The first kappa shape index (κ1) is 19.4. The second kappa shape index (κ2) is 8.13. The molecular formula is C19H17N3O5S. The summed E-state index contributed by atoms with van der Waals surface area (Å²) in [6, 6.07) is 12.8. The van der Waals surface area contributed by atoms with Crippen molar-refractivity contribution in [3.05, 3.63) is 69.2 Å². The van der Waals surface area contributed by atoms with E-state index >= 15 is 0 Å². The Morgan fingerprint density at radius 2 is 1.89 bits per heavy atom. The van der Waals surface area contributed by atoms with E-state index < -0.39 is 23.4 Å². The van der Waals surface area contributed by atoms with Crippen molar-refractivity contribution >= 4 is 39.1 Å². The third-order valence-electron chi connectivity index (χ3n) is 4.29. The van der Waals surface area contributed by atoms with Gasteiger partial charge in [0.25, 0.3) is 11.6 Å². The molecule has 8 nitrogen and oxygen atoms in total. The van der Waals surface area contributed by atoms with E-state index in [1.807, 2.05) is 31.2 Å². The van der Waals surface area contributed by atoms with Gasteiger partial charge in [0.05, 0.1) is 21.2 Å². The molecule has 2 aromatic carbocycles. The minimum Gasteiger partial charge on any atom is -0.452 e. The van der Waals surface area contributed by atoms with Crippen molar-refractivity contribution in [2.75, 3.05) is 13.7 Å². The number of nitrogens with zero attached hydrogens (tertiary/aromatic N) is 3. The molecule has 0 bridgehead atoms. The van der Waals surface area contributed by atoms with Crippen LogP contribution in [0.25, 0.3) is 10.2 Å². The lowest BCUT2D eigenvalue weighted by molar-refractivity contribution is -0.385. The van der Waals surface area contributed by atoms with E-state index in [4.69, 9.17) is 4.74 Å². The van der Waals surface area contributed by atoms with Crippen LogP contribution < -0.4 is 0 Å². The Balaban J connectivity index is 1.65. The largest absolute Gasteiger partial charge is 0.452 e. The Hall–Kier alpha value is -3.33. The van der Waals surface area contributed by atoms with Gasteiger partial charge >= 0.3 is 5.97 Å². The van der Waals surface area contributed by atoms with Gasteiger partial charge in [-0.3, -0.25) is 14.9 Å². The summed E-state index contributed by atoms with van der Waals surface area (Å²) >= 11 is 1.49. The number of likely N-dealkylation sites (N-methyl/N-ethyl adjacent to an activating group) is 1. The molecular weight excluding hydrogens is 382 g/mol. The molecule has 0 fully saturated rings. The fraction of sp³-hybridized carbons (Fsp3) is 0.211. The number of benzene rings is 2. The van der Waals surface area contributed by atoms with Crippen molar-refractivity contribution in [1.82, 2.24) is 9.88 Å². The molecule has 0 aliphatic rings. The van der Waals surface area contributed by atoms with E-state index in [9.17, 15) is 19.7 Å². The Morgan fingerprint density at radius 3 is 2.61 bits per heavy atom. The number of esters is 1. The Labute approximate surface area is 164 Å². The number of amides is 1. The van der Waals surface area contributed by atoms with E-state index in [-0.39, 0.29) is 17.3 Å².